The average Bonchev–Trinajstić information content (AvgIpc) is 2.65. The molecule has 1 heterocycles. The highest BCUT2D eigenvalue weighted by Crippen LogP contribution is 2.33. The van der Waals surface area contributed by atoms with Crippen LogP contribution in [0.3, 0.4) is 0 Å². The summed E-state index contributed by atoms with van der Waals surface area (Å²) in [4.78, 5) is 26.3. The summed E-state index contributed by atoms with van der Waals surface area (Å²) >= 11 is 5.93. The molecule has 26 heavy (non-hydrogen) atoms. The van der Waals surface area contributed by atoms with Gasteiger partial charge >= 0.3 is 0 Å². The van der Waals surface area contributed by atoms with Crippen molar-refractivity contribution in [1.29, 1.82) is 0 Å². The van der Waals surface area contributed by atoms with Crippen LogP contribution in [0.5, 0.6) is 11.5 Å². The van der Waals surface area contributed by atoms with Crippen LogP contribution in [0.2, 0.25) is 5.02 Å². The Hall–Kier alpha value is -2.73. The van der Waals surface area contributed by atoms with E-state index in [0.717, 1.165) is 5.56 Å². The maximum Gasteiger partial charge on any atom is 0.265 e. The molecule has 1 aliphatic heterocycles. The molecule has 0 saturated heterocycles. The third kappa shape index (κ3) is 3.75. The predicted octanol–water partition coefficient (Wildman–Crippen LogP) is 2.57. The lowest BCUT2D eigenvalue weighted by atomic mass is 10.1. The van der Waals surface area contributed by atoms with Gasteiger partial charge in [-0.2, -0.15) is 0 Å². The van der Waals surface area contributed by atoms with Gasteiger partial charge in [-0.1, -0.05) is 23.7 Å². The Morgan fingerprint density at radius 2 is 2.08 bits per heavy atom. The third-order valence-electron chi connectivity index (χ3n) is 4.10. The van der Waals surface area contributed by atoms with E-state index in [1.807, 2.05) is 13.0 Å². The summed E-state index contributed by atoms with van der Waals surface area (Å²) in [5.74, 6) is 0.534. The van der Waals surface area contributed by atoms with Gasteiger partial charge in [0.1, 0.15) is 11.5 Å². The Kier molecular flexibility index (Phi) is 5.32. The van der Waals surface area contributed by atoms with E-state index in [1.54, 1.807) is 36.4 Å². The molecule has 1 N–H and O–H groups in total. The number of rotatable bonds is 4. The fourth-order valence-electron chi connectivity index (χ4n) is 2.76. The van der Waals surface area contributed by atoms with Crippen molar-refractivity contribution < 1.29 is 19.1 Å². The molecule has 0 aromatic heterocycles. The van der Waals surface area contributed by atoms with Gasteiger partial charge in [0.15, 0.2) is 12.7 Å². The van der Waals surface area contributed by atoms with E-state index in [1.165, 1.54) is 11.9 Å². The van der Waals surface area contributed by atoms with E-state index in [-0.39, 0.29) is 25.0 Å². The van der Waals surface area contributed by atoms with E-state index in [4.69, 9.17) is 21.1 Å². The van der Waals surface area contributed by atoms with Crippen molar-refractivity contribution in [3.63, 3.8) is 0 Å². The summed E-state index contributed by atoms with van der Waals surface area (Å²) in [6, 6.07) is 12.3. The van der Waals surface area contributed by atoms with Gasteiger partial charge in [-0.25, -0.2) is 0 Å². The molecule has 0 spiro atoms. The molecule has 7 heteroatoms. The van der Waals surface area contributed by atoms with Crippen LogP contribution in [0.25, 0.3) is 0 Å². The molecule has 136 valence electrons. The number of para-hydroxylation sites is 2. The SMILES string of the molecule is CNC(=O)C1CN(C(=O)COc2ccc(Cl)cc2C)c2ccccc2O1. The van der Waals surface area contributed by atoms with E-state index in [2.05, 4.69) is 5.32 Å². The molecule has 0 radical (unpaired) electrons. The fraction of sp³-hybridized carbons (Fsp3) is 0.263. The number of aryl methyl sites for hydroxylation is 1. The number of carbonyl (C=O) groups excluding carboxylic acids is 2. The van der Waals surface area contributed by atoms with Crippen molar-refractivity contribution >= 4 is 29.1 Å². The third-order valence-corrected chi connectivity index (χ3v) is 4.34. The van der Waals surface area contributed by atoms with Gasteiger partial charge in [0.05, 0.1) is 12.2 Å². The molecule has 1 atom stereocenters. The fourth-order valence-corrected chi connectivity index (χ4v) is 2.99. The lowest BCUT2D eigenvalue weighted by Gasteiger charge is -2.33. The van der Waals surface area contributed by atoms with Crippen LogP contribution < -0.4 is 19.7 Å². The molecular formula is C19H19ClN2O4. The zero-order chi connectivity index (χ0) is 18.7. The van der Waals surface area contributed by atoms with Crippen LogP contribution >= 0.6 is 11.6 Å². The van der Waals surface area contributed by atoms with Crippen LogP contribution in [0.15, 0.2) is 42.5 Å². The van der Waals surface area contributed by atoms with Crippen molar-refractivity contribution in [3.8, 4) is 11.5 Å². The van der Waals surface area contributed by atoms with Crippen LogP contribution in [0, 0.1) is 6.92 Å². The van der Waals surface area contributed by atoms with Gasteiger partial charge in [-0.15, -0.1) is 0 Å². The normalized spacial score (nSPS) is 15.7. The maximum atomic E-state index is 12.8. The molecule has 6 nitrogen and oxygen atoms in total. The zero-order valence-electron chi connectivity index (χ0n) is 14.5. The lowest BCUT2D eigenvalue weighted by molar-refractivity contribution is -0.128. The van der Waals surface area contributed by atoms with Crippen molar-refractivity contribution in [2.24, 2.45) is 0 Å². The minimum absolute atomic E-state index is 0.123. The first kappa shape index (κ1) is 18.1. The maximum absolute atomic E-state index is 12.8. The first-order valence-electron chi connectivity index (χ1n) is 8.16. The van der Waals surface area contributed by atoms with E-state index < -0.39 is 6.10 Å². The number of carbonyl (C=O) groups is 2. The number of ether oxygens (including phenoxy) is 2. The topological polar surface area (TPSA) is 67.9 Å². The number of amides is 2. The summed E-state index contributed by atoms with van der Waals surface area (Å²) in [7, 11) is 1.53. The molecule has 2 aromatic rings. The summed E-state index contributed by atoms with van der Waals surface area (Å²) in [6.07, 6.45) is -0.767. The molecule has 0 bridgehead atoms. The minimum Gasteiger partial charge on any atom is -0.483 e. The molecule has 1 unspecified atom stereocenters. The van der Waals surface area contributed by atoms with Crippen molar-refractivity contribution in [1.82, 2.24) is 5.32 Å². The van der Waals surface area contributed by atoms with Gasteiger partial charge in [-0.3, -0.25) is 9.59 Å². The number of hydrogen-bond acceptors (Lipinski definition) is 4. The summed E-state index contributed by atoms with van der Waals surface area (Å²) in [6.45, 7) is 1.83. The minimum atomic E-state index is -0.767. The second kappa shape index (κ2) is 7.66. The van der Waals surface area contributed by atoms with Crippen LogP contribution in [0.1, 0.15) is 5.56 Å². The number of nitrogens with zero attached hydrogens (tertiary/aromatic N) is 1. The van der Waals surface area contributed by atoms with Crippen molar-refractivity contribution in [2.75, 3.05) is 25.1 Å². The van der Waals surface area contributed by atoms with Gasteiger partial charge in [0.2, 0.25) is 0 Å². The van der Waals surface area contributed by atoms with E-state index in [9.17, 15) is 9.59 Å². The Morgan fingerprint density at radius 1 is 1.31 bits per heavy atom. The summed E-state index contributed by atoms with van der Waals surface area (Å²) in [5, 5.41) is 3.16. The van der Waals surface area contributed by atoms with Crippen LogP contribution in [0.4, 0.5) is 5.69 Å². The number of anilines is 1. The summed E-state index contributed by atoms with van der Waals surface area (Å²) < 4.78 is 11.4. The Bertz CT molecular complexity index is 840. The first-order valence-corrected chi connectivity index (χ1v) is 8.54. The molecule has 3 rings (SSSR count). The van der Waals surface area contributed by atoms with E-state index in [0.29, 0.717) is 22.2 Å². The van der Waals surface area contributed by atoms with Crippen LogP contribution in [-0.2, 0) is 9.59 Å². The molecule has 0 fully saturated rings. The number of benzene rings is 2. The number of nitrogens with one attached hydrogen (secondary N) is 1. The predicted molar refractivity (Wildman–Crippen MR) is 99.0 cm³/mol. The number of likely N-dealkylation sites (N-methyl/N-ethyl adjacent to an activating group) is 1. The highest BCUT2D eigenvalue weighted by Gasteiger charge is 2.33. The second-order valence-corrected chi connectivity index (χ2v) is 6.33. The molecule has 1 aliphatic rings. The van der Waals surface area contributed by atoms with Gasteiger partial charge < -0.3 is 19.7 Å². The van der Waals surface area contributed by atoms with Crippen molar-refractivity contribution in [2.45, 2.75) is 13.0 Å². The zero-order valence-corrected chi connectivity index (χ0v) is 15.2. The Balaban J connectivity index is 1.77. The van der Waals surface area contributed by atoms with Gasteiger partial charge in [0.25, 0.3) is 11.8 Å². The monoisotopic (exact) mass is 374 g/mol. The lowest BCUT2D eigenvalue weighted by Crippen LogP contribution is -2.51. The van der Waals surface area contributed by atoms with E-state index >= 15 is 0 Å². The van der Waals surface area contributed by atoms with Crippen molar-refractivity contribution in [3.05, 3.63) is 53.1 Å². The second-order valence-electron chi connectivity index (χ2n) is 5.89. The molecule has 2 amide bonds. The number of fused-ring (bicyclic) bond motifs is 1. The first-order chi connectivity index (χ1) is 12.5. The number of halogens is 1. The largest absolute Gasteiger partial charge is 0.483 e. The summed E-state index contributed by atoms with van der Waals surface area (Å²) in [5.41, 5.74) is 1.46. The highest BCUT2D eigenvalue weighted by molar-refractivity contribution is 6.30. The Morgan fingerprint density at radius 3 is 2.81 bits per heavy atom. The van der Waals surface area contributed by atoms with Crippen LogP contribution in [-0.4, -0.2) is 38.1 Å². The standard InChI is InChI=1S/C19H19ClN2O4/c1-12-9-13(20)7-8-15(12)25-11-18(23)22-10-17(19(24)21-2)26-16-6-4-3-5-14(16)22/h3-9,17H,10-11H2,1-2H3,(H,21,24). The molecule has 2 aromatic carbocycles. The average molecular weight is 375 g/mol. The number of hydrogen-bond donors (Lipinski definition) is 1. The van der Waals surface area contributed by atoms with Gasteiger partial charge in [-0.05, 0) is 42.8 Å². The quantitative estimate of drug-likeness (QED) is 0.893. The Labute approximate surface area is 156 Å². The molecular weight excluding hydrogens is 356 g/mol. The highest BCUT2D eigenvalue weighted by atomic mass is 35.5. The molecule has 0 aliphatic carbocycles. The smallest absolute Gasteiger partial charge is 0.265 e. The molecule has 0 saturated carbocycles. The van der Waals surface area contributed by atoms with Gasteiger partial charge in [0, 0.05) is 12.1 Å².